The number of hydrogen-bond acceptors (Lipinski definition) is 3. The van der Waals surface area contributed by atoms with E-state index < -0.39 is 6.09 Å². The van der Waals surface area contributed by atoms with Crippen LogP contribution in [0.5, 0.6) is 0 Å². The maximum atomic E-state index is 10.9. The number of aromatic nitrogens is 1. The third-order valence-electron chi connectivity index (χ3n) is 3.36. The van der Waals surface area contributed by atoms with Crippen LogP contribution in [0.4, 0.5) is 10.6 Å². The molecule has 1 saturated heterocycles. The fourth-order valence-corrected chi connectivity index (χ4v) is 2.45. The molecule has 0 bridgehead atoms. The minimum absolute atomic E-state index is 0.156. The van der Waals surface area contributed by atoms with Crippen LogP contribution in [0, 0.1) is 13.8 Å². The van der Waals surface area contributed by atoms with Crippen LogP contribution in [0.3, 0.4) is 0 Å². The molecule has 1 N–H and O–H groups in total. The Morgan fingerprint density at radius 3 is 2.72 bits per heavy atom. The first-order chi connectivity index (χ1) is 8.49. The molecule has 1 aliphatic heterocycles. The first-order valence-electron chi connectivity index (χ1n) is 6.17. The SMILES string of the molecule is Cc1cnc(N2CCN(C(=O)O)C[C@H]2C)c(C)c1. The van der Waals surface area contributed by atoms with Gasteiger partial charge in [-0.05, 0) is 31.9 Å². The van der Waals surface area contributed by atoms with E-state index in [1.807, 2.05) is 27.0 Å². The van der Waals surface area contributed by atoms with E-state index in [0.29, 0.717) is 19.6 Å². The van der Waals surface area contributed by atoms with Crippen molar-refractivity contribution in [3.05, 3.63) is 23.4 Å². The fraction of sp³-hybridized carbons (Fsp3) is 0.538. The molecule has 5 heteroatoms. The molecule has 2 heterocycles. The van der Waals surface area contributed by atoms with Crippen LogP contribution in [-0.2, 0) is 0 Å². The Kier molecular flexibility index (Phi) is 3.41. The van der Waals surface area contributed by atoms with E-state index in [0.717, 1.165) is 16.9 Å². The van der Waals surface area contributed by atoms with Gasteiger partial charge in [-0.2, -0.15) is 0 Å². The molecule has 0 aromatic carbocycles. The quantitative estimate of drug-likeness (QED) is 0.825. The summed E-state index contributed by atoms with van der Waals surface area (Å²) in [4.78, 5) is 19.1. The van der Waals surface area contributed by atoms with E-state index in [9.17, 15) is 4.79 Å². The summed E-state index contributed by atoms with van der Waals surface area (Å²) in [5.41, 5.74) is 2.29. The van der Waals surface area contributed by atoms with Crippen molar-refractivity contribution in [2.45, 2.75) is 26.8 Å². The largest absolute Gasteiger partial charge is 0.465 e. The number of anilines is 1. The van der Waals surface area contributed by atoms with E-state index in [1.165, 1.54) is 4.90 Å². The summed E-state index contributed by atoms with van der Waals surface area (Å²) in [7, 11) is 0. The van der Waals surface area contributed by atoms with E-state index in [2.05, 4.69) is 16.0 Å². The van der Waals surface area contributed by atoms with Gasteiger partial charge in [-0.25, -0.2) is 9.78 Å². The molecular formula is C13H19N3O2. The van der Waals surface area contributed by atoms with Gasteiger partial charge in [-0.3, -0.25) is 0 Å². The fourth-order valence-electron chi connectivity index (χ4n) is 2.45. The normalized spacial score (nSPS) is 20.1. The van der Waals surface area contributed by atoms with Crippen molar-refractivity contribution in [3.8, 4) is 0 Å². The summed E-state index contributed by atoms with van der Waals surface area (Å²) in [6.45, 7) is 7.88. The Morgan fingerprint density at radius 1 is 1.44 bits per heavy atom. The maximum absolute atomic E-state index is 10.9. The zero-order chi connectivity index (χ0) is 13.3. The van der Waals surface area contributed by atoms with Gasteiger partial charge in [0.2, 0.25) is 0 Å². The monoisotopic (exact) mass is 249 g/mol. The molecule has 2 rings (SSSR count). The minimum Gasteiger partial charge on any atom is -0.465 e. The van der Waals surface area contributed by atoms with Crippen molar-refractivity contribution in [2.75, 3.05) is 24.5 Å². The molecule has 5 nitrogen and oxygen atoms in total. The van der Waals surface area contributed by atoms with Gasteiger partial charge in [-0.1, -0.05) is 6.07 Å². The average Bonchev–Trinajstić information content (AvgIpc) is 2.30. The second-order valence-electron chi connectivity index (χ2n) is 4.92. The lowest BCUT2D eigenvalue weighted by Crippen LogP contribution is -2.53. The van der Waals surface area contributed by atoms with Gasteiger partial charge < -0.3 is 14.9 Å². The highest BCUT2D eigenvalue weighted by atomic mass is 16.4. The summed E-state index contributed by atoms with van der Waals surface area (Å²) >= 11 is 0. The van der Waals surface area contributed by atoms with Gasteiger partial charge in [0.1, 0.15) is 5.82 Å². The lowest BCUT2D eigenvalue weighted by molar-refractivity contribution is 0.136. The van der Waals surface area contributed by atoms with E-state index in [-0.39, 0.29) is 6.04 Å². The lowest BCUT2D eigenvalue weighted by atomic mass is 10.1. The highest BCUT2D eigenvalue weighted by molar-refractivity contribution is 5.65. The lowest BCUT2D eigenvalue weighted by Gasteiger charge is -2.40. The summed E-state index contributed by atoms with van der Waals surface area (Å²) in [6.07, 6.45) is 1.02. The number of rotatable bonds is 1. The van der Waals surface area contributed by atoms with Crippen LogP contribution in [-0.4, -0.2) is 46.8 Å². The minimum atomic E-state index is -0.838. The van der Waals surface area contributed by atoms with Gasteiger partial charge in [0.25, 0.3) is 0 Å². The smallest absolute Gasteiger partial charge is 0.407 e. The number of aryl methyl sites for hydroxylation is 2. The average molecular weight is 249 g/mol. The van der Waals surface area contributed by atoms with Gasteiger partial charge in [0.05, 0.1) is 0 Å². The van der Waals surface area contributed by atoms with Crippen molar-refractivity contribution in [1.82, 2.24) is 9.88 Å². The first-order valence-corrected chi connectivity index (χ1v) is 6.17. The number of carboxylic acid groups (broad SMARTS) is 1. The number of piperazine rings is 1. The Morgan fingerprint density at radius 2 is 2.17 bits per heavy atom. The third-order valence-corrected chi connectivity index (χ3v) is 3.36. The van der Waals surface area contributed by atoms with E-state index >= 15 is 0 Å². The predicted octanol–water partition coefficient (Wildman–Crippen LogP) is 1.89. The molecule has 1 fully saturated rings. The molecule has 0 saturated carbocycles. The molecule has 1 aromatic rings. The number of carbonyl (C=O) groups is 1. The number of nitrogens with zero attached hydrogens (tertiary/aromatic N) is 3. The van der Waals surface area contributed by atoms with Crippen LogP contribution < -0.4 is 4.90 Å². The molecule has 0 radical (unpaired) electrons. The molecule has 98 valence electrons. The molecule has 0 spiro atoms. The van der Waals surface area contributed by atoms with Crippen molar-refractivity contribution in [2.24, 2.45) is 0 Å². The molecular weight excluding hydrogens is 230 g/mol. The van der Waals surface area contributed by atoms with Crippen LogP contribution in [0.1, 0.15) is 18.1 Å². The van der Waals surface area contributed by atoms with E-state index in [4.69, 9.17) is 5.11 Å². The standard InChI is InChI=1S/C13H19N3O2/c1-9-6-10(2)12(14-7-9)16-5-4-15(13(17)18)8-11(16)3/h6-7,11H,4-5,8H2,1-3H3,(H,17,18)/t11-/m1/s1. The van der Waals surface area contributed by atoms with Gasteiger partial charge in [0.15, 0.2) is 0 Å². The summed E-state index contributed by atoms with van der Waals surface area (Å²) in [5.74, 6) is 0.970. The zero-order valence-corrected chi connectivity index (χ0v) is 11.1. The van der Waals surface area contributed by atoms with Crippen LogP contribution >= 0.6 is 0 Å². The maximum Gasteiger partial charge on any atom is 0.407 e. The van der Waals surface area contributed by atoms with Gasteiger partial charge >= 0.3 is 6.09 Å². The Labute approximate surface area is 107 Å². The molecule has 1 amide bonds. The summed E-state index contributed by atoms with van der Waals surface area (Å²) < 4.78 is 0. The molecule has 1 aromatic heterocycles. The number of hydrogen-bond donors (Lipinski definition) is 1. The molecule has 1 atom stereocenters. The van der Waals surface area contributed by atoms with Gasteiger partial charge in [-0.15, -0.1) is 0 Å². The zero-order valence-electron chi connectivity index (χ0n) is 11.1. The van der Waals surface area contributed by atoms with Crippen LogP contribution in [0.2, 0.25) is 0 Å². The van der Waals surface area contributed by atoms with Gasteiger partial charge in [0, 0.05) is 31.9 Å². The number of pyridine rings is 1. The first kappa shape index (κ1) is 12.7. The van der Waals surface area contributed by atoms with Crippen molar-refractivity contribution < 1.29 is 9.90 Å². The number of amides is 1. The second kappa shape index (κ2) is 4.84. The van der Waals surface area contributed by atoms with Crippen LogP contribution in [0.15, 0.2) is 12.3 Å². The second-order valence-corrected chi connectivity index (χ2v) is 4.92. The molecule has 18 heavy (non-hydrogen) atoms. The van der Waals surface area contributed by atoms with Crippen molar-refractivity contribution in [3.63, 3.8) is 0 Å². The highest BCUT2D eigenvalue weighted by Crippen LogP contribution is 2.22. The topological polar surface area (TPSA) is 56.7 Å². The van der Waals surface area contributed by atoms with E-state index in [1.54, 1.807) is 0 Å². The van der Waals surface area contributed by atoms with Crippen molar-refractivity contribution >= 4 is 11.9 Å². The molecule has 0 unspecified atom stereocenters. The molecule has 1 aliphatic rings. The molecule has 0 aliphatic carbocycles. The Bertz CT molecular complexity index is 462. The Balaban J connectivity index is 2.17. The van der Waals surface area contributed by atoms with Crippen molar-refractivity contribution in [1.29, 1.82) is 0 Å². The predicted molar refractivity (Wildman–Crippen MR) is 70.1 cm³/mol. The summed E-state index contributed by atoms with van der Waals surface area (Å²) in [5, 5.41) is 9.00. The third kappa shape index (κ3) is 2.39. The Hall–Kier alpha value is -1.78. The van der Waals surface area contributed by atoms with Crippen LogP contribution in [0.25, 0.3) is 0 Å². The highest BCUT2D eigenvalue weighted by Gasteiger charge is 2.27. The summed E-state index contributed by atoms with van der Waals surface area (Å²) in [6, 6.07) is 2.27.